The average molecular weight is 734 g/mol. The van der Waals surface area contributed by atoms with Crippen molar-refractivity contribution in [1.82, 2.24) is 15.0 Å². The number of fused-ring (bicyclic) bond motifs is 4. The van der Waals surface area contributed by atoms with Gasteiger partial charge in [-0.05, 0) is 58.7 Å². The van der Waals surface area contributed by atoms with E-state index in [2.05, 4.69) is 77.8 Å². The Labute approximate surface area is 264 Å². The fourth-order valence-corrected chi connectivity index (χ4v) is 6.35. The monoisotopic (exact) mass is 733 g/mol. The van der Waals surface area contributed by atoms with Crippen molar-refractivity contribution >= 4 is 11.0 Å². The van der Waals surface area contributed by atoms with Gasteiger partial charge in [-0.3, -0.25) is 15.0 Å². The van der Waals surface area contributed by atoms with Gasteiger partial charge in [-0.25, -0.2) is 0 Å². The Morgan fingerprint density at radius 3 is 1.91 bits per heavy atom. The molecule has 0 saturated heterocycles. The number of hydrogen-bond acceptors (Lipinski definition) is 4. The molecule has 4 nitrogen and oxygen atoms in total. The Bertz CT molecular complexity index is 2100. The zero-order valence-electron chi connectivity index (χ0n) is 22.9. The van der Waals surface area contributed by atoms with Crippen LogP contribution in [0.15, 0.2) is 140 Å². The second-order valence-corrected chi connectivity index (χ2v) is 10.5. The van der Waals surface area contributed by atoms with Crippen molar-refractivity contribution in [3.05, 3.63) is 168 Å². The first-order valence-electron chi connectivity index (χ1n) is 13.9. The largest absolute Gasteiger partial charge is 0.507 e. The Kier molecular flexibility index (Phi) is 6.72. The molecule has 5 aromatic carbocycles. The van der Waals surface area contributed by atoms with Crippen LogP contribution < -0.4 is 0 Å². The van der Waals surface area contributed by atoms with E-state index < -0.39 is 5.41 Å². The zero-order chi connectivity index (χ0) is 28.1. The van der Waals surface area contributed by atoms with Gasteiger partial charge in [0.25, 0.3) is 0 Å². The molecule has 0 aliphatic heterocycles. The van der Waals surface area contributed by atoms with Crippen molar-refractivity contribution in [1.29, 1.82) is 0 Å². The third-order valence-corrected chi connectivity index (χ3v) is 8.19. The molecular formula is C38H24N3OPt-. The van der Waals surface area contributed by atoms with E-state index in [1.54, 1.807) is 6.07 Å². The van der Waals surface area contributed by atoms with E-state index in [-0.39, 0.29) is 26.8 Å². The van der Waals surface area contributed by atoms with Crippen molar-refractivity contribution in [3.63, 3.8) is 0 Å². The summed E-state index contributed by atoms with van der Waals surface area (Å²) in [6.07, 6.45) is 1.82. The molecule has 0 saturated carbocycles. The molecule has 208 valence electrons. The van der Waals surface area contributed by atoms with E-state index in [0.717, 1.165) is 44.7 Å². The fourth-order valence-electron chi connectivity index (χ4n) is 6.35. The van der Waals surface area contributed by atoms with Crippen LogP contribution in [0.5, 0.6) is 5.75 Å². The van der Waals surface area contributed by atoms with E-state index in [0.29, 0.717) is 11.3 Å². The summed E-state index contributed by atoms with van der Waals surface area (Å²) in [4.78, 5) is 14.9. The standard InChI is InChI=1S/C38H24N3O.Pt/c42-36-21-8-3-15-29(36)32-20-10-22-37(41-32)38(30-16-4-1-13-27(30)28-14-2-5-17-31(28)38)26-12-9-11-25(23-26)35-24-39-33-18-6-7-19-34(33)40-35;/h1-22,24,42H;/q-1;. The molecule has 1 N–H and O–H groups in total. The van der Waals surface area contributed by atoms with Gasteiger partial charge in [0.15, 0.2) is 0 Å². The molecule has 5 heteroatoms. The van der Waals surface area contributed by atoms with Crippen molar-refractivity contribution in [2.24, 2.45) is 0 Å². The topological polar surface area (TPSA) is 58.9 Å². The summed E-state index contributed by atoms with van der Waals surface area (Å²) in [6, 6.07) is 48.4. The number of aromatic nitrogens is 3. The molecule has 1 aliphatic rings. The van der Waals surface area contributed by atoms with Gasteiger partial charge in [-0.1, -0.05) is 78.9 Å². The summed E-state index contributed by atoms with van der Waals surface area (Å²) in [7, 11) is 0. The van der Waals surface area contributed by atoms with E-state index in [4.69, 9.17) is 9.97 Å². The third kappa shape index (κ3) is 4.21. The molecule has 1 aliphatic carbocycles. The summed E-state index contributed by atoms with van der Waals surface area (Å²) in [5, 5.41) is 10.7. The number of phenolic OH excluding ortho intramolecular Hbond substituents is 1. The maximum absolute atomic E-state index is 10.7. The second kappa shape index (κ2) is 10.7. The molecule has 43 heavy (non-hydrogen) atoms. The van der Waals surface area contributed by atoms with Gasteiger partial charge in [-0.15, -0.1) is 35.4 Å². The van der Waals surface area contributed by atoms with E-state index >= 15 is 0 Å². The van der Waals surface area contributed by atoms with E-state index in [1.807, 2.05) is 66.9 Å². The molecule has 2 heterocycles. The average Bonchev–Trinajstić information content (AvgIpc) is 3.36. The van der Waals surface area contributed by atoms with Gasteiger partial charge in [0.05, 0.1) is 27.8 Å². The summed E-state index contributed by atoms with van der Waals surface area (Å²) >= 11 is 0. The number of aromatic hydroxyl groups is 1. The Balaban J connectivity index is 0.00000300. The van der Waals surface area contributed by atoms with Crippen molar-refractivity contribution < 1.29 is 26.2 Å². The number of benzene rings is 5. The van der Waals surface area contributed by atoms with Crippen LogP contribution in [0.25, 0.3) is 44.7 Å². The fraction of sp³-hybridized carbons (Fsp3) is 0.0263. The van der Waals surface area contributed by atoms with Crippen LogP contribution in [-0.4, -0.2) is 20.1 Å². The molecule has 0 unspecified atom stereocenters. The molecule has 2 aromatic heterocycles. The first-order chi connectivity index (χ1) is 20.7. The first-order valence-corrected chi connectivity index (χ1v) is 13.9. The van der Waals surface area contributed by atoms with Gasteiger partial charge < -0.3 is 5.11 Å². The van der Waals surface area contributed by atoms with Crippen molar-refractivity contribution in [2.75, 3.05) is 0 Å². The number of nitrogens with zero attached hydrogens (tertiary/aromatic N) is 3. The smallest absolute Gasteiger partial charge is 0.124 e. The quantitative estimate of drug-likeness (QED) is 0.185. The van der Waals surface area contributed by atoms with Crippen LogP contribution in [0.2, 0.25) is 0 Å². The molecule has 0 atom stereocenters. The molecule has 0 radical (unpaired) electrons. The van der Waals surface area contributed by atoms with Gasteiger partial charge in [0.2, 0.25) is 0 Å². The normalized spacial score (nSPS) is 12.7. The second-order valence-electron chi connectivity index (χ2n) is 10.5. The summed E-state index contributed by atoms with van der Waals surface area (Å²) in [5.74, 6) is 0.201. The number of phenols is 1. The van der Waals surface area contributed by atoms with Crippen LogP contribution >= 0.6 is 0 Å². The predicted octanol–water partition coefficient (Wildman–Crippen LogP) is 8.23. The van der Waals surface area contributed by atoms with Crippen molar-refractivity contribution in [2.45, 2.75) is 5.41 Å². The number of pyridine rings is 1. The van der Waals surface area contributed by atoms with Gasteiger partial charge >= 0.3 is 0 Å². The van der Waals surface area contributed by atoms with Gasteiger partial charge in [0.1, 0.15) is 5.75 Å². The molecule has 8 rings (SSSR count). The molecule has 0 spiro atoms. The third-order valence-electron chi connectivity index (χ3n) is 8.19. The zero-order valence-corrected chi connectivity index (χ0v) is 25.2. The Hall–Kier alpha value is -4.92. The van der Waals surface area contributed by atoms with E-state index in [1.165, 1.54) is 11.1 Å². The Morgan fingerprint density at radius 1 is 0.535 bits per heavy atom. The summed E-state index contributed by atoms with van der Waals surface area (Å²) < 4.78 is 0. The SMILES string of the molecule is Oc1ccccc1-c1cccc(C2(c3[c-]c(-c4cnc5ccccc5n4)ccc3)c3ccccc3-c3ccccc32)n1.[Pt]. The van der Waals surface area contributed by atoms with E-state index in [9.17, 15) is 5.11 Å². The summed E-state index contributed by atoms with van der Waals surface area (Å²) in [5.41, 5.74) is 10.5. The minimum Gasteiger partial charge on any atom is -0.507 e. The van der Waals surface area contributed by atoms with Crippen LogP contribution in [0, 0.1) is 6.07 Å². The van der Waals surface area contributed by atoms with Crippen LogP contribution in [0.4, 0.5) is 0 Å². The maximum Gasteiger partial charge on any atom is 0.124 e. The summed E-state index contributed by atoms with van der Waals surface area (Å²) in [6.45, 7) is 0. The van der Waals surface area contributed by atoms with Gasteiger partial charge in [-0.2, -0.15) is 0 Å². The minimum atomic E-state index is -0.742. The molecular weight excluding hydrogens is 710 g/mol. The molecule has 7 aromatic rings. The number of para-hydroxylation sites is 3. The van der Waals surface area contributed by atoms with Crippen molar-refractivity contribution in [3.8, 4) is 39.4 Å². The van der Waals surface area contributed by atoms with Crippen LogP contribution in [0.1, 0.15) is 22.4 Å². The first kappa shape index (κ1) is 26.9. The molecule has 0 amide bonds. The van der Waals surface area contributed by atoms with Crippen LogP contribution in [0.3, 0.4) is 0 Å². The van der Waals surface area contributed by atoms with Crippen LogP contribution in [-0.2, 0) is 26.5 Å². The number of rotatable bonds is 4. The van der Waals surface area contributed by atoms with Gasteiger partial charge in [0, 0.05) is 38.5 Å². The predicted molar refractivity (Wildman–Crippen MR) is 166 cm³/mol. The number of hydrogen-bond donors (Lipinski definition) is 1. The molecule has 0 fully saturated rings. The minimum absolute atomic E-state index is 0. The molecule has 0 bridgehead atoms. The maximum atomic E-state index is 10.7. The Morgan fingerprint density at radius 2 is 1.16 bits per heavy atom.